The average molecular weight is 242 g/mol. The van der Waals surface area contributed by atoms with Crippen LogP contribution in [0.1, 0.15) is 19.3 Å². The van der Waals surface area contributed by atoms with Gasteiger partial charge in [-0.1, -0.05) is 18.0 Å². The second-order valence-electron chi connectivity index (χ2n) is 3.67. The zero-order valence-corrected chi connectivity index (χ0v) is 9.62. The molecular formula is C10H12ClN3O2. The summed E-state index contributed by atoms with van der Waals surface area (Å²) < 4.78 is 4.93. The standard InChI is InChI=1S/C10H12ClN3O2/c1-16-8-5-7(11)12-10(13-8)14-9(15)6-3-2-4-6/h5-6H,2-4H2,1H3,(H,12,13,14,15). The first-order valence-corrected chi connectivity index (χ1v) is 5.46. The van der Waals surface area contributed by atoms with Gasteiger partial charge >= 0.3 is 0 Å². The summed E-state index contributed by atoms with van der Waals surface area (Å²) in [7, 11) is 1.48. The molecule has 1 aliphatic carbocycles. The molecule has 6 heteroatoms. The van der Waals surface area contributed by atoms with Crippen LogP contribution >= 0.6 is 11.6 Å². The normalized spacial score (nSPS) is 15.4. The van der Waals surface area contributed by atoms with Gasteiger partial charge in [0.25, 0.3) is 0 Å². The van der Waals surface area contributed by atoms with Gasteiger partial charge in [0.2, 0.25) is 17.7 Å². The molecule has 0 saturated heterocycles. The van der Waals surface area contributed by atoms with Crippen LogP contribution in [0.3, 0.4) is 0 Å². The third-order valence-electron chi connectivity index (χ3n) is 2.59. The summed E-state index contributed by atoms with van der Waals surface area (Å²) in [5.41, 5.74) is 0. The highest BCUT2D eigenvalue weighted by Gasteiger charge is 2.25. The van der Waals surface area contributed by atoms with Crippen molar-refractivity contribution in [3.05, 3.63) is 11.2 Å². The summed E-state index contributed by atoms with van der Waals surface area (Å²) in [6, 6.07) is 1.49. The van der Waals surface area contributed by atoms with Crippen molar-refractivity contribution in [2.45, 2.75) is 19.3 Å². The Labute approximate surface area is 98.2 Å². The number of methoxy groups -OCH3 is 1. The number of anilines is 1. The molecule has 1 N–H and O–H groups in total. The highest BCUT2D eigenvalue weighted by Crippen LogP contribution is 2.27. The van der Waals surface area contributed by atoms with Crippen molar-refractivity contribution in [3.8, 4) is 5.88 Å². The Kier molecular flexibility index (Phi) is 3.24. The van der Waals surface area contributed by atoms with Gasteiger partial charge in [0.1, 0.15) is 5.15 Å². The first-order valence-electron chi connectivity index (χ1n) is 5.08. The highest BCUT2D eigenvalue weighted by atomic mass is 35.5. The second-order valence-corrected chi connectivity index (χ2v) is 4.06. The van der Waals surface area contributed by atoms with E-state index >= 15 is 0 Å². The molecule has 1 heterocycles. The molecular weight excluding hydrogens is 230 g/mol. The van der Waals surface area contributed by atoms with Crippen LogP contribution in [0, 0.1) is 5.92 Å². The van der Waals surface area contributed by atoms with Crippen LogP contribution in [0.5, 0.6) is 5.88 Å². The molecule has 1 aromatic rings. The fraction of sp³-hybridized carbons (Fsp3) is 0.500. The van der Waals surface area contributed by atoms with Gasteiger partial charge in [-0.3, -0.25) is 10.1 Å². The van der Waals surface area contributed by atoms with E-state index in [1.807, 2.05) is 0 Å². The number of carbonyl (C=O) groups is 1. The van der Waals surface area contributed by atoms with E-state index in [1.54, 1.807) is 0 Å². The van der Waals surface area contributed by atoms with Gasteiger partial charge in [-0.05, 0) is 12.8 Å². The maximum absolute atomic E-state index is 11.6. The van der Waals surface area contributed by atoms with Crippen LogP contribution in [0.25, 0.3) is 0 Å². The van der Waals surface area contributed by atoms with Crippen LogP contribution in [-0.4, -0.2) is 23.0 Å². The van der Waals surface area contributed by atoms with Crippen LogP contribution < -0.4 is 10.1 Å². The number of hydrogen-bond donors (Lipinski definition) is 1. The van der Waals surface area contributed by atoms with Gasteiger partial charge < -0.3 is 4.74 Å². The topological polar surface area (TPSA) is 64.1 Å². The molecule has 0 unspecified atom stereocenters. The Bertz CT molecular complexity index is 407. The number of nitrogens with zero attached hydrogens (tertiary/aromatic N) is 2. The molecule has 1 saturated carbocycles. The van der Waals surface area contributed by atoms with Crippen molar-refractivity contribution in [2.24, 2.45) is 5.92 Å². The average Bonchev–Trinajstić information content (AvgIpc) is 2.13. The lowest BCUT2D eigenvalue weighted by molar-refractivity contribution is -0.122. The van der Waals surface area contributed by atoms with Crippen LogP contribution in [0.15, 0.2) is 6.07 Å². The van der Waals surface area contributed by atoms with E-state index in [-0.39, 0.29) is 22.9 Å². The maximum Gasteiger partial charge on any atom is 0.234 e. The van der Waals surface area contributed by atoms with E-state index in [0.29, 0.717) is 5.88 Å². The summed E-state index contributed by atoms with van der Waals surface area (Å²) in [5, 5.41) is 2.88. The Morgan fingerprint density at radius 1 is 1.56 bits per heavy atom. The molecule has 1 amide bonds. The highest BCUT2D eigenvalue weighted by molar-refractivity contribution is 6.29. The number of amides is 1. The van der Waals surface area contributed by atoms with Gasteiger partial charge in [-0.2, -0.15) is 4.98 Å². The molecule has 0 spiro atoms. The zero-order valence-electron chi connectivity index (χ0n) is 8.86. The van der Waals surface area contributed by atoms with Crippen molar-refractivity contribution in [1.82, 2.24) is 9.97 Å². The third-order valence-corrected chi connectivity index (χ3v) is 2.79. The van der Waals surface area contributed by atoms with Crippen LogP contribution in [0.2, 0.25) is 5.15 Å². The van der Waals surface area contributed by atoms with Gasteiger partial charge in [0, 0.05) is 12.0 Å². The third kappa shape index (κ3) is 2.41. The minimum Gasteiger partial charge on any atom is -0.481 e. The predicted octanol–water partition coefficient (Wildman–Crippen LogP) is 1.88. The quantitative estimate of drug-likeness (QED) is 0.821. The molecule has 0 bridgehead atoms. The minimum absolute atomic E-state index is 0.0458. The summed E-state index contributed by atoms with van der Waals surface area (Å²) >= 11 is 5.76. The van der Waals surface area contributed by atoms with Gasteiger partial charge in [-0.15, -0.1) is 0 Å². The predicted molar refractivity (Wildman–Crippen MR) is 59.6 cm³/mol. The number of halogens is 1. The van der Waals surface area contributed by atoms with Crippen molar-refractivity contribution < 1.29 is 9.53 Å². The largest absolute Gasteiger partial charge is 0.481 e. The van der Waals surface area contributed by atoms with Crippen LogP contribution in [0.4, 0.5) is 5.95 Å². The second kappa shape index (κ2) is 4.65. The summed E-state index contributed by atoms with van der Waals surface area (Å²) in [5.74, 6) is 0.578. The zero-order chi connectivity index (χ0) is 11.5. The molecule has 5 nitrogen and oxygen atoms in total. The number of rotatable bonds is 3. The first-order chi connectivity index (χ1) is 7.69. The summed E-state index contributed by atoms with van der Waals surface area (Å²) in [4.78, 5) is 19.5. The van der Waals surface area contributed by atoms with Gasteiger partial charge in [-0.25, -0.2) is 4.98 Å². The SMILES string of the molecule is COc1cc(Cl)nc(NC(=O)C2CCC2)n1. The van der Waals surface area contributed by atoms with Crippen molar-refractivity contribution in [3.63, 3.8) is 0 Å². The number of carbonyl (C=O) groups excluding carboxylic acids is 1. The van der Waals surface area contributed by atoms with E-state index in [0.717, 1.165) is 19.3 Å². The van der Waals surface area contributed by atoms with Crippen molar-refractivity contribution in [1.29, 1.82) is 0 Å². The maximum atomic E-state index is 11.6. The molecule has 0 aliphatic heterocycles. The molecule has 86 valence electrons. The van der Waals surface area contributed by atoms with Gasteiger partial charge in [0.05, 0.1) is 7.11 Å². The number of nitrogens with one attached hydrogen (secondary N) is 1. The fourth-order valence-corrected chi connectivity index (χ4v) is 1.61. The van der Waals surface area contributed by atoms with E-state index in [2.05, 4.69) is 15.3 Å². The first kappa shape index (κ1) is 11.1. The molecule has 1 fully saturated rings. The van der Waals surface area contributed by atoms with E-state index in [9.17, 15) is 4.79 Å². The Morgan fingerprint density at radius 3 is 2.88 bits per heavy atom. The molecule has 1 aliphatic rings. The van der Waals surface area contributed by atoms with Crippen LogP contribution in [-0.2, 0) is 4.79 Å². The lowest BCUT2D eigenvalue weighted by Gasteiger charge is -2.23. The number of aromatic nitrogens is 2. The molecule has 0 radical (unpaired) electrons. The summed E-state index contributed by atoms with van der Waals surface area (Å²) in [6.45, 7) is 0. The number of ether oxygens (including phenoxy) is 1. The molecule has 2 rings (SSSR count). The summed E-state index contributed by atoms with van der Waals surface area (Å²) in [6.07, 6.45) is 2.98. The minimum atomic E-state index is -0.0458. The lowest BCUT2D eigenvalue weighted by atomic mass is 9.85. The van der Waals surface area contributed by atoms with E-state index in [4.69, 9.17) is 16.3 Å². The van der Waals surface area contributed by atoms with Crippen molar-refractivity contribution in [2.75, 3.05) is 12.4 Å². The fourth-order valence-electron chi connectivity index (χ4n) is 1.44. The molecule has 0 aromatic carbocycles. The number of hydrogen-bond acceptors (Lipinski definition) is 4. The van der Waals surface area contributed by atoms with E-state index in [1.165, 1.54) is 13.2 Å². The van der Waals surface area contributed by atoms with Gasteiger partial charge in [0.15, 0.2) is 0 Å². The monoisotopic (exact) mass is 241 g/mol. The molecule has 16 heavy (non-hydrogen) atoms. The lowest BCUT2D eigenvalue weighted by Crippen LogP contribution is -2.28. The Morgan fingerprint density at radius 2 is 2.31 bits per heavy atom. The Balaban J connectivity index is 2.07. The molecule has 0 atom stereocenters. The Hall–Kier alpha value is -1.36. The molecule has 1 aromatic heterocycles. The van der Waals surface area contributed by atoms with Crippen molar-refractivity contribution >= 4 is 23.5 Å². The smallest absolute Gasteiger partial charge is 0.234 e. The van der Waals surface area contributed by atoms with E-state index < -0.39 is 0 Å².